The highest BCUT2D eigenvalue weighted by atomic mass is 32.2. The summed E-state index contributed by atoms with van der Waals surface area (Å²) in [6.45, 7) is 8.47. The van der Waals surface area contributed by atoms with Crippen LogP contribution in [-0.4, -0.2) is 45.2 Å². The number of H-pyrrole nitrogens is 1. The summed E-state index contributed by atoms with van der Waals surface area (Å²) in [4.78, 5) is 23.3. The second-order valence-corrected chi connectivity index (χ2v) is 5.48. The lowest BCUT2D eigenvalue weighted by Crippen LogP contribution is -2.43. The average molecular weight is 302 g/mol. The largest absolute Gasteiger partial charge is 0.465 e. The molecule has 0 spiro atoms. The molecule has 1 aromatic rings. The smallest absolute Gasteiger partial charge is 0.343 e. The third-order valence-corrected chi connectivity index (χ3v) is 3.59. The fraction of sp³-hybridized carbons (Fsp3) is 0.750. The van der Waals surface area contributed by atoms with Crippen LogP contribution in [0.4, 0.5) is 0 Å². The summed E-state index contributed by atoms with van der Waals surface area (Å²) in [6.07, 6.45) is 0. The maximum absolute atomic E-state index is 11.9. The Morgan fingerprint density at radius 2 is 2.20 bits per heavy atom. The molecule has 0 aliphatic rings. The molecule has 0 aromatic carbocycles. The van der Waals surface area contributed by atoms with Gasteiger partial charge < -0.3 is 10.1 Å². The molecule has 0 radical (unpaired) electrons. The van der Waals surface area contributed by atoms with Gasteiger partial charge in [0.1, 0.15) is 6.04 Å². The minimum Gasteiger partial charge on any atom is -0.465 e. The lowest BCUT2D eigenvalue weighted by molar-refractivity contribution is -0.145. The van der Waals surface area contributed by atoms with Crippen molar-refractivity contribution < 1.29 is 9.53 Å². The zero-order chi connectivity index (χ0) is 15.1. The SMILES string of the molecule is CCOC(=O)C(CSc1n[nH]c(=O)n1CC)NC(C)C. The van der Waals surface area contributed by atoms with Crippen LogP contribution in [0.25, 0.3) is 0 Å². The predicted octanol–water partition coefficient (Wildman–Crippen LogP) is 0.613. The van der Waals surface area contributed by atoms with Crippen molar-refractivity contribution in [1.82, 2.24) is 20.1 Å². The molecule has 0 aliphatic heterocycles. The molecule has 0 saturated carbocycles. The zero-order valence-electron chi connectivity index (χ0n) is 12.3. The number of esters is 1. The Morgan fingerprint density at radius 1 is 1.50 bits per heavy atom. The first-order valence-electron chi connectivity index (χ1n) is 6.70. The summed E-state index contributed by atoms with van der Waals surface area (Å²) in [5, 5.41) is 10.1. The Bertz CT molecular complexity index is 483. The Morgan fingerprint density at radius 3 is 2.75 bits per heavy atom. The number of nitrogens with zero attached hydrogens (tertiary/aromatic N) is 2. The van der Waals surface area contributed by atoms with Crippen LogP contribution in [0, 0.1) is 0 Å². The molecule has 0 bridgehead atoms. The van der Waals surface area contributed by atoms with Crippen molar-refractivity contribution in [3.05, 3.63) is 10.5 Å². The zero-order valence-corrected chi connectivity index (χ0v) is 13.1. The predicted molar refractivity (Wildman–Crippen MR) is 77.9 cm³/mol. The van der Waals surface area contributed by atoms with Crippen LogP contribution in [0.1, 0.15) is 27.7 Å². The van der Waals surface area contributed by atoms with E-state index >= 15 is 0 Å². The summed E-state index contributed by atoms with van der Waals surface area (Å²) in [6, 6.07) is -0.255. The van der Waals surface area contributed by atoms with E-state index in [2.05, 4.69) is 15.5 Å². The van der Waals surface area contributed by atoms with E-state index in [9.17, 15) is 9.59 Å². The maximum atomic E-state index is 11.9. The molecule has 0 saturated heterocycles. The number of aromatic amines is 1. The third-order valence-electron chi connectivity index (χ3n) is 2.52. The van der Waals surface area contributed by atoms with E-state index in [0.29, 0.717) is 24.1 Å². The molecule has 114 valence electrons. The lowest BCUT2D eigenvalue weighted by atomic mass is 10.3. The van der Waals surface area contributed by atoms with E-state index in [-0.39, 0.29) is 17.7 Å². The van der Waals surface area contributed by atoms with Gasteiger partial charge in [-0.1, -0.05) is 25.6 Å². The van der Waals surface area contributed by atoms with Crippen LogP contribution in [0.15, 0.2) is 9.95 Å². The standard InChI is InChI=1S/C12H22N4O3S/c1-5-16-11(18)14-15-12(16)20-7-9(13-8(3)4)10(17)19-6-2/h8-9,13H,5-7H2,1-4H3,(H,14,18). The van der Waals surface area contributed by atoms with Crippen LogP contribution in [0.2, 0.25) is 0 Å². The van der Waals surface area contributed by atoms with E-state index in [0.717, 1.165) is 0 Å². The van der Waals surface area contributed by atoms with Crippen molar-refractivity contribution in [2.75, 3.05) is 12.4 Å². The summed E-state index contributed by atoms with van der Waals surface area (Å²) in [5.41, 5.74) is -0.237. The van der Waals surface area contributed by atoms with Gasteiger partial charge in [0.2, 0.25) is 0 Å². The lowest BCUT2D eigenvalue weighted by Gasteiger charge is -2.19. The fourth-order valence-electron chi connectivity index (χ4n) is 1.68. The van der Waals surface area contributed by atoms with Gasteiger partial charge in [-0.2, -0.15) is 0 Å². The number of thioether (sulfide) groups is 1. The molecule has 1 rings (SSSR count). The van der Waals surface area contributed by atoms with Gasteiger partial charge in [0.15, 0.2) is 5.16 Å². The molecule has 1 aromatic heterocycles. The van der Waals surface area contributed by atoms with Crippen molar-refractivity contribution in [2.45, 2.75) is 51.5 Å². The van der Waals surface area contributed by atoms with Gasteiger partial charge in [-0.05, 0) is 13.8 Å². The molecular weight excluding hydrogens is 280 g/mol. The van der Waals surface area contributed by atoms with E-state index in [1.807, 2.05) is 20.8 Å². The Balaban J connectivity index is 2.70. The van der Waals surface area contributed by atoms with E-state index in [4.69, 9.17) is 4.74 Å². The molecule has 1 unspecified atom stereocenters. The quantitative estimate of drug-likeness (QED) is 0.540. The van der Waals surface area contributed by atoms with E-state index in [1.54, 1.807) is 6.92 Å². The number of hydrogen-bond acceptors (Lipinski definition) is 6. The molecule has 1 atom stereocenters. The number of rotatable bonds is 8. The first-order chi connectivity index (χ1) is 9.49. The molecular formula is C12H22N4O3S. The van der Waals surface area contributed by atoms with Gasteiger partial charge in [0, 0.05) is 18.3 Å². The number of carbonyl (C=O) groups excluding carboxylic acids is 1. The number of ether oxygens (including phenoxy) is 1. The molecule has 20 heavy (non-hydrogen) atoms. The third kappa shape index (κ3) is 4.68. The maximum Gasteiger partial charge on any atom is 0.343 e. The first-order valence-corrected chi connectivity index (χ1v) is 7.68. The average Bonchev–Trinajstić information content (AvgIpc) is 2.74. The fourth-order valence-corrected chi connectivity index (χ4v) is 2.71. The molecule has 2 N–H and O–H groups in total. The van der Waals surface area contributed by atoms with E-state index < -0.39 is 6.04 Å². The highest BCUT2D eigenvalue weighted by Gasteiger charge is 2.22. The van der Waals surface area contributed by atoms with Crippen molar-refractivity contribution in [3.8, 4) is 0 Å². The number of aromatic nitrogens is 3. The summed E-state index contributed by atoms with van der Waals surface area (Å²) < 4.78 is 6.57. The minimum atomic E-state index is -0.419. The normalized spacial score (nSPS) is 12.7. The molecule has 0 aliphatic carbocycles. The highest BCUT2D eigenvalue weighted by Crippen LogP contribution is 2.15. The number of hydrogen-bond donors (Lipinski definition) is 2. The topological polar surface area (TPSA) is 89.0 Å². The minimum absolute atomic E-state index is 0.164. The van der Waals surface area contributed by atoms with Crippen LogP contribution < -0.4 is 11.0 Å². The second-order valence-electron chi connectivity index (χ2n) is 4.49. The van der Waals surface area contributed by atoms with Gasteiger partial charge in [-0.25, -0.2) is 9.89 Å². The van der Waals surface area contributed by atoms with Gasteiger partial charge in [0.05, 0.1) is 6.61 Å². The van der Waals surface area contributed by atoms with Crippen molar-refractivity contribution in [3.63, 3.8) is 0 Å². The summed E-state index contributed by atoms with van der Waals surface area (Å²) in [7, 11) is 0. The monoisotopic (exact) mass is 302 g/mol. The van der Waals surface area contributed by atoms with Crippen LogP contribution in [0.3, 0.4) is 0 Å². The Kier molecular flexibility index (Phi) is 6.80. The van der Waals surface area contributed by atoms with Crippen molar-refractivity contribution in [2.24, 2.45) is 0 Å². The highest BCUT2D eigenvalue weighted by molar-refractivity contribution is 7.99. The molecule has 1 heterocycles. The van der Waals surface area contributed by atoms with Gasteiger partial charge >= 0.3 is 11.7 Å². The first kappa shape index (κ1) is 16.8. The van der Waals surface area contributed by atoms with Crippen LogP contribution >= 0.6 is 11.8 Å². The summed E-state index contributed by atoms with van der Waals surface area (Å²) in [5.74, 6) is 0.177. The Labute approximate surface area is 122 Å². The van der Waals surface area contributed by atoms with Gasteiger partial charge in [0.25, 0.3) is 0 Å². The molecule has 0 amide bonds. The van der Waals surface area contributed by atoms with Crippen LogP contribution in [0.5, 0.6) is 0 Å². The number of nitrogens with one attached hydrogen (secondary N) is 2. The van der Waals surface area contributed by atoms with Gasteiger partial charge in [-0.15, -0.1) is 5.10 Å². The second kappa shape index (κ2) is 8.11. The van der Waals surface area contributed by atoms with Gasteiger partial charge in [-0.3, -0.25) is 9.36 Å². The van der Waals surface area contributed by atoms with Crippen molar-refractivity contribution in [1.29, 1.82) is 0 Å². The molecule has 7 nitrogen and oxygen atoms in total. The van der Waals surface area contributed by atoms with Crippen LogP contribution in [-0.2, 0) is 16.1 Å². The Hall–Kier alpha value is -1.28. The molecule has 8 heteroatoms. The van der Waals surface area contributed by atoms with Crippen molar-refractivity contribution >= 4 is 17.7 Å². The van der Waals surface area contributed by atoms with E-state index in [1.165, 1.54) is 16.3 Å². The summed E-state index contributed by atoms with van der Waals surface area (Å²) >= 11 is 1.35. The molecule has 0 fully saturated rings. The number of carbonyl (C=O) groups is 1.